The minimum absolute atomic E-state index is 0.250. The van der Waals surface area contributed by atoms with Crippen LogP contribution in [0.5, 0.6) is 0 Å². The lowest BCUT2D eigenvalue weighted by Crippen LogP contribution is -2.50. The van der Waals surface area contributed by atoms with E-state index in [0.29, 0.717) is 0 Å². The molecular weight excluding hydrogens is 240 g/mol. The summed E-state index contributed by atoms with van der Waals surface area (Å²) in [5, 5.41) is 0. The first kappa shape index (κ1) is 8.91. The van der Waals surface area contributed by atoms with Crippen LogP contribution in [0.2, 0.25) is 0 Å². The average molecular weight is 249 g/mol. The zero-order valence-corrected chi connectivity index (χ0v) is 8.33. The summed E-state index contributed by atoms with van der Waals surface area (Å²) < 4.78 is 10.9. The van der Waals surface area contributed by atoms with Gasteiger partial charge in [0, 0.05) is 21.1 Å². The predicted molar refractivity (Wildman–Crippen MR) is 42.7 cm³/mol. The number of quaternary nitrogens is 1. The van der Waals surface area contributed by atoms with E-state index < -0.39 is 4.21 Å². The minimum atomic E-state index is -2.08. The van der Waals surface area contributed by atoms with Gasteiger partial charge in [-0.3, -0.25) is 0 Å². The highest BCUT2D eigenvalue weighted by Crippen LogP contribution is 2.28. The second kappa shape index (κ2) is 2.27. The summed E-state index contributed by atoms with van der Waals surface area (Å²) in [5.41, 5.74) is 0. The van der Waals surface area contributed by atoms with Crippen molar-refractivity contribution in [1.82, 2.24) is 0 Å². The fourth-order valence-electron chi connectivity index (χ4n) is 0. The molecule has 0 heterocycles. The lowest BCUT2D eigenvalue weighted by atomic mass is 10.2. The smallest absolute Gasteiger partial charge is 0.475 e. The average Bonchev–Trinajstić information content (AvgIpc) is 1.25. The molecule has 0 aromatic heterocycles. The highest BCUT2D eigenvalue weighted by atomic mass is 79.9. The Kier molecular flexibility index (Phi) is 2.53. The molecule has 50 valence electrons. The summed E-state index contributed by atoms with van der Waals surface area (Å²) in [4.78, 5) is 0. The van der Waals surface area contributed by atoms with E-state index in [-0.39, 0.29) is 4.39 Å². The van der Waals surface area contributed by atoms with Crippen molar-refractivity contribution in [2.24, 2.45) is 0 Å². The minimum Gasteiger partial charge on any atom is -0.475 e. The lowest BCUT2D eigenvalue weighted by Gasteiger charge is -2.39. The molecule has 0 bridgehead atoms. The van der Waals surface area contributed by atoms with E-state index in [4.69, 9.17) is 0 Å². The SMILES string of the molecule is C[N+](C)(C)[B-](F)(Br)Br. The van der Waals surface area contributed by atoms with Gasteiger partial charge in [0.05, 0.1) is 0 Å². The van der Waals surface area contributed by atoms with Crippen LogP contribution in [0, 0.1) is 0 Å². The van der Waals surface area contributed by atoms with Crippen LogP contribution in [0.25, 0.3) is 0 Å². The Balaban J connectivity index is 4.02. The highest BCUT2D eigenvalue weighted by Gasteiger charge is 2.32. The van der Waals surface area contributed by atoms with Gasteiger partial charge in [-0.1, -0.05) is 0 Å². The zero-order valence-electron chi connectivity index (χ0n) is 5.16. The third kappa shape index (κ3) is 2.46. The van der Waals surface area contributed by atoms with Crippen LogP contribution >= 0.6 is 31.5 Å². The van der Waals surface area contributed by atoms with E-state index in [0.717, 1.165) is 0 Å². The maximum atomic E-state index is 12.8. The van der Waals surface area contributed by atoms with Crippen LogP contribution in [0.3, 0.4) is 0 Å². The van der Waals surface area contributed by atoms with Gasteiger partial charge in [-0.2, -0.15) is 0 Å². The molecule has 0 atom stereocenters. The van der Waals surface area contributed by atoms with Crippen LogP contribution in [0.4, 0.5) is 4.32 Å². The number of rotatable bonds is 1. The van der Waals surface area contributed by atoms with Crippen LogP contribution in [0.1, 0.15) is 0 Å². The molecule has 0 saturated carbocycles. The molecule has 5 heteroatoms. The third-order valence-corrected chi connectivity index (χ3v) is 3.34. The standard InChI is InChI=1S/C3H9BBr2FN/c1-8(2,3)4(5,6)7/h1-3H3. The Morgan fingerprint density at radius 1 is 1.25 bits per heavy atom. The van der Waals surface area contributed by atoms with Crippen molar-refractivity contribution < 1.29 is 8.71 Å². The molecule has 0 rings (SSSR count). The molecule has 0 radical (unpaired) electrons. The van der Waals surface area contributed by atoms with Gasteiger partial charge in [-0.05, 0) is 0 Å². The number of nitrogens with zero attached hydrogens (tertiary/aromatic N) is 1. The summed E-state index contributed by atoms with van der Waals surface area (Å²) >= 11 is 5.77. The molecule has 0 fully saturated rings. The molecule has 0 unspecified atom stereocenters. The maximum absolute atomic E-state index is 12.8. The van der Waals surface area contributed by atoms with E-state index in [1.807, 2.05) is 0 Å². The quantitative estimate of drug-likeness (QED) is 0.622. The fourth-order valence-corrected chi connectivity index (χ4v) is 0. The molecule has 0 aromatic rings. The second-order valence-electron chi connectivity index (χ2n) is 2.66. The monoisotopic (exact) mass is 247 g/mol. The molecule has 0 aliphatic carbocycles. The summed E-state index contributed by atoms with van der Waals surface area (Å²) in [5.74, 6) is 0. The summed E-state index contributed by atoms with van der Waals surface area (Å²) in [6.45, 7) is 0. The Morgan fingerprint density at radius 2 is 1.38 bits per heavy atom. The Bertz CT molecular complexity index is 72.3. The van der Waals surface area contributed by atoms with Gasteiger partial charge in [-0.25, -0.2) is 31.5 Å². The third-order valence-electron chi connectivity index (χ3n) is 0.878. The Hall–Kier alpha value is 0.915. The number of hydrogen-bond donors (Lipinski definition) is 0. The molecule has 0 aromatic carbocycles. The van der Waals surface area contributed by atoms with E-state index >= 15 is 0 Å². The largest absolute Gasteiger partial charge is 0.491 e. The molecule has 0 aliphatic rings. The first-order chi connectivity index (χ1) is 3.25. The highest BCUT2D eigenvalue weighted by molar-refractivity contribution is 9.50. The molecule has 0 aliphatic heterocycles. The fraction of sp³-hybridized carbons (Fsp3) is 1.00. The van der Waals surface area contributed by atoms with Crippen LogP contribution in [-0.2, 0) is 0 Å². The van der Waals surface area contributed by atoms with Gasteiger partial charge in [0.2, 0.25) is 0 Å². The van der Waals surface area contributed by atoms with Gasteiger partial charge in [0.15, 0.2) is 0 Å². The van der Waals surface area contributed by atoms with Crippen molar-refractivity contribution in [3.8, 4) is 0 Å². The first-order valence-corrected chi connectivity index (χ1v) is 4.09. The Labute approximate surface area is 65.8 Å². The summed E-state index contributed by atoms with van der Waals surface area (Å²) in [7, 11) is 5.30. The summed E-state index contributed by atoms with van der Waals surface area (Å²) in [6.07, 6.45) is 0. The number of halogens is 3. The molecule has 0 N–H and O–H groups in total. The molecule has 8 heavy (non-hydrogen) atoms. The van der Waals surface area contributed by atoms with E-state index in [2.05, 4.69) is 31.5 Å². The van der Waals surface area contributed by atoms with E-state index in [1.54, 1.807) is 21.1 Å². The predicted octanol–water partition coefficient (Wildman–Crippen LogP) is 1.89. The first-order valence-electron chi connectivity index (χ1n) is 2.25. The number of hydrogen-bond acceptors (Lipinski definition) is 0. The summed E-state index contributed by atoms with van der Waals surface area (Å²) in [6, 6.07) is 0. The van der Waals surface area contributed by atoms with Crippen molar-refractivity contribution in [1.29, 1.82) is 0 Å². The van der Waals surface area contributed by atoms with Crippen molar-refractivity contribution in [3.63, 3.8) is 0 Å². The zero-order chi connectivity index (χ0) is 7.00. The second-order valence-corrected chi connectivity index (χ2v) is 6.31. The van der Waals surface area contributed by atoms with Crippen molar-refractivity contribution in [2.75, 3.05) is 21.1 Å². The van der Waals surface area contributed by atoms with E-state index in [9.17, 15) is 4.32 Å². The lowest BCUT2D eigenvalue weighted by molar-refractivity contribution is -0.765. The molecule has 0 saturated heterocycles. The molecule has 0 amide bonds. The van der Waals surface area contributed by atoms with Crippen LogP contribution in [-0.4, -0.2) is 29.7 Å². The van der Waals surface area contributed by atoms with E-state index in [1.165, 1.54) is 0 Å². The van der Waals surface area contributed by atoms with Gasteiger partial charge < -0.3 is 8.71 Å². The maximum Gasteiger partial charge on any atom is 0.491 e. The molecule has 1 nitrogen and oxygen atoms in total. The Morgan fingerprint density at radius 3 is 1.38 bits per heavy atom. The van der Waals surface area contributed by atoms with Crippen LogP contribution < -0.4 is 0 Å². The molecule has 0 spiro atoms. The molecular formula is C3H9BBr2FN. The van der Waals surface area contributed by atoms with Crippen LogP contribution in [0.15, 0.2) is 0 Å². The normalized spacial score (nSPS) is 14.2. The van der Waals surface area contributed by atoms with Gasteiger partial charge in [0.1, 0.15) is 0 Å². The van der Waals surface area contributed by atoms with Crippen molar-refractivity contribution >= 4 is 35.7 Å². The topological polar surface area (TPSA) is 0 Å². The van der Waals surface area contributed by atoms with Gasteiger partial charge >= 0.3 is 4.21 Å². The van der Waals surface area contributed by atoms with Gasteiger partial charge in [-0.15, -0.1) is 0 Å². The van der Waals surface area contributed by atoms with Gasteiger partial charge in [0.25, 0.3) is 0 Å². The van der Waals surface area contributed by atoms with Crippen molar-refractivity contribution in [2.45, 2.75) is 0 Å². The van der Waals surface area contributed by atoms with Crippen molar-refractivity contribution in [3.05, 3.63) is 0 Å².